The number of thioether (sulfide) groups is 1. The predicted molar refractivity (Wildman–Crippen MR) is 137 cm³/mol. The molecule has 1 heterocycles. The number of carbonyl (C=O) groups excluding carboxylic acids is 1. The van der Waals surface area contributed by atoms with Crippen molar-refractivity contribution in [2.24, 2.45) is 5.10 Å². The maximum absolute atomic E-state index is 13.5. The van der Waals surface area contributed by atoms with Crippen molar-refractivity contribution in [3.63, 3.8) is 0 Å². The van der Waals surface area contributed by atoms with Gasteiger partial charge in [-0.2, -0.15) is 5.10 Å². The fourth-order valence-electron chi connectivity index (χ4n) is 4.16. The average Bonchev–Trinajstić information content (AvgIpc) is 3.34. The van der Waals surface area contributed by atoms with Gasteiger partial charge < -0.3 is 23.7 Å². The van der Waals surface area contributed by atoms with E-state index in [0.717, 1.165) is 24.3 Å². The molecule has 0 spiro atoms. The maximum atomic E-state index is 13.5. The van der Waals surface area contributed by atoms with Crippen molar-refractivity contribution >= 4 is 23.9 Å². The summed E-state index contributed by atoms with van der Waals surface area (Å²) in [5.74, 6) is 1.28. The van der Waals surface area contributed by atoms with Crippen LogP contribution in [0.25, 0.3) is 0 Å². The first-order valence-electron chi connectivity index (χ1n) is 11.4. The van der Waals surface area contributed by atoms with Gasteiger partial charge in [-0.3, -0.25) is 9.80 Å². The number of nitrogens with zero attached hydrogens (tertiary/aromatic N) is 2. The normalized spacial score (nSPS) is 17.3. The van der Waals surface area contributed by atoms with Crippen molar-refractivity contribution < 1.29 is 28.5 Å². The van der Waals surface area contributed by atoms with E-state index in [-0.39, 0.29) is 12.5 Å². The van der Waals surface area contributed by atoms with Crippen LogP contribution in [0.5, 0.6) is 17.2 Å². The van der Waals surface area contributed by atoms with Gasteiger partial charge in [-0.1, -0.05) is 18.2 Å². The third-order valence-corrected chi connectivity index (χ3v) is 7.24. The molecule has 2 aromatic rings. The Morgan fingerprint density at radius 1 is 1.09 bits per heavy atom. The highest BCUT2D eigenvalue weighted by Crippen LogP contribution is 2.42. The number of ether oxygens (including phenoxy) is 5. The lowest BCUT2D eigenvalue weighted by atomic mass is 9.97. The van der Waals surface area contributed by atoms with Crippen LogP contribution in [0.3, 0.4) is 0 Å². The van der Waals surface area contributed by atoms with Gasteiger partial charge in [-0.25, -0.2) is 0 Å². The second kappa shape index (κ2) is 12.7. The third kappa shape index (κ3) is 6.41. The van der Waals surface area contributed by atoms with Crippen molar-refractivity contribution in [1.29, 1.82) is 0 Å². The van der Waals surface area contributed by atoms with E-state index in [1.54, 1.807) is 46.8 Å². The molecular weight excluding hydrogens is 468 g/mol. The molecule has 1 aliphatic heterocycles. The molecule has 0 bridgehead atoms. The van der Waals surface area contributed by atoms with Crippen LogP contribution in [0.15, 0.2) is 52.5 Å². The molecule has 1 aliphatic rings. The lowest BCUT2D eigenvalue weighted by molar-refractivity contribution is -0.141. The van der Waals surface area contributed by atoms with Gasteiger partial charge in [0, 0.05) is 42.7 Å². The van der Waals surface area contributed by atoms with E-state index in [1.807, 2.05) is 35.3 Å². The fourth-order valence-corrected chi connectivity index (χ4v) is 5.36. The summed E-state index contributed by atoms with van der Waals surface area (Å²) in [4.78, 5) is 14.4. The number of rotatable bonds is 12. The van der Waals surface area contributed by atoms with E-state index < -0.39 is 10.7 Å². The summed E-state index contributed by atoms with van der Waals surface area (Å²) in [5, 5.41) is 6.80. The Bertz CT molecular complexity index is 978. The molecule has 0 radical (unpaired) electrons. The first kappa shape index (κ1) is 26.7. The lowest BCUT2D eigenvalue weighted by Gasteiger charge is -2.29. The molecule has 8 nitrogen and oxygen atoms in total. The molecule has 2 aromatic carbocycles. The third-order valence-electron chi connectivity index (χ3n) is 5.95. The van der Waals surface area contributed by atoms with Crippen molar-refractivity contribution in [2.45, 2.75) is 34.9 Å². The second-order valence-corrected chi connectivity index (χ2v) is 9.55. The Labute approximate surface area is 211 Å². The van der Waals surface area contributed by atoms with Crippen molar-refractivity contribution in [3.05, 3.63) is 48.0 Å². The Morgan fingerprint density at radius 2 is 1.77 bits per heavy atom. The van der Waals surface area contributed by atoms with Gasteiger partial charge in [0.15, 0.2) is 4.75 Å². The summed E-state index contributed by atoms with van der Waals surface area (Å²) < 4.78 is 26.3. The standard InChI is InChI=1S/C26H34N2O6S/c1-30-17-19-10-9-13-28(19)27-18-26(25(29)34-5,35-21-11-7-6-8-12-21)16-22-23(32-3)14-20(31-2)15-24(22)33-4/h6-8,11-12,14-15,18-19H,9-10,13,16-17H2,1-5H3/b27-18+/t19-,26+/m0/s1. The Morgan fingerprint density at radius 3 is 2.34 bits per heavy atom. The number of hydrazone groups is 1. The number of esters is 1. The zero-order valence-electron chi connectivity index (χ0n) is 21.0. The SMILES string of the molecule is COC[C@@H]1CCCN1/N=C/[C@@](Cc1c(OC)cc(OC)cc1OC)(Sc1ccccc1)C(=O)OC. The Balaban J connectivity index is 2.11. The minimum Gasteiger partial charge on any atom is -0.496 e. The monoisotopic (exact) mass is 502 g/mol. The molecule has 0 aromatic heterocycles. The molecule has 0 aliphatic carbocycles. The first-order chi connectivity index (χ1) is 17.0. The van der Waals surface area contributed by atoms with Crippen LogP contribution in [-0.2, 0) is 20.7 Å². The molecule has 0 unspecified atom stereocenters. The topological polar surface area (TPSA) is 78.8 Å². The van der Waals surface area contributed by atoms with Crippen LogP contribution in [-0.4, -0.2) is 76.7 Å². The summed E-state index contributed by atoms with van der Waals surface area (Å²) in [6.07, 6.45) is 3.93. The van der Waals surface area contributed by atoms with Crippen LogP contribution >= 0.6 is 11.8 Å². The van der Waals surface area contributed by atoms with Crippen LogP contribution in [0, 0.1) is 0 Å². The molecule has 35 heavy (non-hydrogen) atoms. The van der Waals surface area contributed by atoms with E-state index in [1.165, 1.54) is 18.9 Å². The number of carbonyl (C=O) groups is 1. The van der Waals surface area contributed by atoms with Crippen molar-refractivity contribution in [1.82, 2.24) is 5.01 Å². The van der Waals surface area contributed by atoms with Gasteiger partial charge in [0.1, 0.15) is 17.2 Å². The Hall–Kier alpha value is -2.91. The minimum absolute atomic E-state index is 0.165. The molecule has 9 heteroatoms. The summed E-state index contributed by atoms with van der Waals surface area (Å²) in [6, 6.07) is 13.4. The van der Waals surface area contributed by atoms with Crippen LogP contribution < -0.4 is 14.2 Å². The van der Waals surface area contributed by atoms with Gasteiger partial charge in [-0.05, 0) is 25.0 Å². The summed E-state index contributed by atoms with van der Waals surface area (Å²) in [5.41, 5.74) is 0.714. The highest BCUT2D eigenvalue weighted by Gasteiger charge is 2.42. The fraction of sp³-hybridized carbons (Fsp3) is 0.462. The van der Waals surface area contributed by atoms with E-state index in [9.17, 15) is 4.79 Å². The Kier molecular flexibility index (Phi) is 9.68. The summed E-state index contributed by atoms with van der Waals surface area (Å²) >= 11 is 1.39. The zero-order valence-corrected chi connectivity index (χ0v) is 21.8. The van der Waals surface area contributed by atoms with Crippen LogP contribution in [0.4, 0.5) is 0 Å². The smallest absolute Gasteiger partial charge is 0.328 e. The molecule has 2 atom stereocenters. The number of hydrogen-bond donors (Lipinski definition) is 0. The maximum Gasteiger partial charge on any atom is 0.328 e. The first-order valence-corrected chi connectivity index (χ1v) is 12.2. The highest BCUT2D eigenvalue weighted by atomic mass is 32.2. The molecule has 3 rings (SSSR count). The van der Waals surface area contributed by atoms with Gasteiger partial charge in [0.25, 0.3) is 0 Å². The molecular formula is C26H34N2O6S. The van der Waals surface area contributed by atoms with Crippen LogP contribution in [0.2, 0.25) is 0 Å². The van der Waals surface area contributed by atoms with Gasteiger partial charge in [0.05, 0.1) is 47.3 Å². The number of hydrogen-bond acceptors (Lipinski definition) is 9. The predicted octanol–water partition coefficient (Wildman–Crippen LogP) is 4.06. The van der Waals surface area contributed by atoms with Crippen molar-refractivity contribution in [3.8, 4) is 17.2 Å². The molecule has 0 N–H and O–H groups in total. The molecule has 1 saturated heterocycles. The number of methoxy groups -OCH3 is 5. The molecule has 0 amide bonds. The largest absolute Gasteiger partial charge is 0.496 e. The van der Waals surface area contributed by atoms with Crippen LogP contribution in [0.1, 0.15) is 18.4 Å². The molecule has 1 fully saturated rings. The van der Waals surface area contributed by atoms with Gasteiger partial charge in [-0.15, -0.1) is 11.8 Å². The average molecular weight is 503 g/mol. The summed E-state index contributed by atoms with van der Waals surface area (Å²) in [7, 11) is 7.82. The zero-order chi connectivity index (χ0) is 25.3. The number of benzene rings is 2. The van der Waals surface area contributed by atoms with Crippen molar-refractivity contribution in [2.75, 3.05) is 48.7 Å². The quantitative estimate of drug-likeness (QED) is 0.244. The highest BCUT2D eigenvalue weighted by molar-refractivity contribution is 8.02. The van der Waals surface area contributed by atoms with E-state index in [4.69, 9.17) is 28.8 Å². The molecule has 0 saturated carbocycles. The lowest BCUT2D eigenvalue weighted by Crippen LogP contribution is -2.42. The second-order valence-electron chi connectivity index (χ2n) is 8.14. The van der Waals surface area contributed by atoms with E-state index in [2.05, 4.69) is 0 Å². The minimum atomic E-state index is -1.19. The van der Waals surface area contributed by atoms with Gasteiger partial charge in [0.2, 0.25) is 0 Å². The summed E-state index contributed by atoms with van der Waals surface area (Å²) in [6.45, 7) is 1.38. The van der Waals surface area contributed by atoms with E-state index >= 15 is 0 Å². The molecule has 190 valence electrons. The van der Waals surface area contributed by atoms with E-state index in [0.29, 0.717) is 29.4 Å². The van der Waals surface area contributed by atoms with Gasteiger partial charge >= 0.3 is 5.97 Å².